The van der Waals surface area contributed by atoms with Crippen molar-refractivity contribution >= 4 is 23.6 Å². The smallest absolute Gasteiger partial charge is 0.330 e. The summed E-state index contributed by atoms with van der Waals surface area (Å²) in [5.41, 5.74) is -1.05. The van der Waals surface area contributed by atoms with Gasteiger partial charge in [-0.05, 0) is 12.2 Å². The van der Waals surface area contributed by atoms with Crippen molar-refractivity contribution in [3.63, 3.8) is 0 Å². The first-order valence-corrected chi connectivity index (χ1v) is 5.49. The van der Waals surface area contributed by atoms with Crippen molar-refractivity contribution < 1.29 is 14.7 Å². The quantitative estimate of drug-likeness (QED) is 0.675. The third kappa shape index (κ3) is 2.29. The van der Waals surface area contributed by atoms with E-state index in [1.807, 2.05) is 0 Å². The second-order valence-corrected chi connectivity index (χ2v) is 4.34. The molecule has 0 radical (unpaired) electrons. The number of carbonyl (C=O) groups is 2. The van der Waals surface area contributed by atoms with Gasteiger partial charge in [0, 0.05) is 12.2 Å². The van der Waals surface area contributed by atoms with Crippen LogP contribution >= 0.6 is 11.8 Å². The van der Waals surface area contributed by atoms with E-state index in [9.17, 15) is 9.59 Å². The minimum Gasteiger partial charge on any atom is -0.479 e. The number of nitrogens with one attached hydrogen (secondary N) is 1. The number of hydrogen-bond acceptors (Lipinski definition) is 3. The first-order valence-electron chi connectivity index (χ1n) is 4.34. The molecule has 1 aliphatic heterocycles. The predicted molar refractivity (Wildman–Crippen MR) is 55.3 cm³/mol. The van der Waals surface area contributed by atoms with Gasteiger partial charge in [-0.3, -0.25) is 4.79 Å². The molecule has 2 N–H and O–H groups in total. The number of carboxylic acid groups (broad SMARTS) is 1. The molecular formula is C9H13NO3S. The van der Waals surface area contributed by atoms with Crippen molar-refractivity contribution in [3.8, 4) is 0 Å². The van der Waals surface area contributed by atoms with E-state index in [2.05, 4.69) is 11.9 Å². The van der Waals surface area contributed by atoms with E-state index >= 15 is 0 Å². The van der Waals surface area contributed by atoms with Crippen molar-refractivity contribution in [2.75, 3.05) is 11.5 Å². The van der Waals surface area contributed by atoms with Crippen LogP contribution in [0, 0.1) is 0 Å². The zero-order chi connectivity index (χ0) is 10.6. The third-order valence-corrected chi connectivity index (χ3v) is 3.33. The van der Waals surface area contributed by atoms with Crippen LogP contribution in [0.4, 0.5) is 0 Å². The zero-order valence-corrected chi connectivity index (χ0v) is 8.60. The number of carbonyl (C=O) groups excluding carboxylic acids is 1. The molecule has 5 heteroatoms. The van der Waals surface area contributed by atoms with Gasteiger partial charge < -0.3 is 10.4 Å². The number of amides is 1. The molecule has 1 rings (SSSR count). The Morgan fingerprint density at radius 1 is 1.64 bits per heavy atom. The van der Waals surface area contributed by atoms with Crippen molar-refractivity contribution in [3.05, 3.63) is 12.7 Å². The van der Waals surface area contributed by atoms with Crippen LogP contribution in [-0.2, 0) is 9.59 Å². The molecule has 1 aliphatic rings. The van der Waals surface area contributed by atoms with E-state index in [1.165, 1.54) is 6.08 Å². The SMILES string of the molecule is C=CCC(=O)NC1(C(=O)O)CCSC1. The first-order chi connectivity index (χ1) is 6.60. The van der Waals surface area contributed by atoms with Crippen molar-refractivity contribution in [1.82, 2.24) is 5.32 Å². The Morgan fingerprint density at radius 2 is 2.36 bits per heavy atom. The van der Waals surface area contributed by atoms with Crippen LogP contribution in [-0.4, -0.2) is 34.0 Å². The fraction of sp³-hybridized carbons (Fsp3) is 0.556. The number of carboxylic acids is 1. The number of thioether (sulfide) groups is 1. The first kappa shape index (κ1) is 11.1. The zero-order valence-electron chi connectivity index (χ0n) is 7.78. The molecule has 0 aromatic rings. The summed E-state index contributed by atoms with van der Waals surface area (Å²) in [6.07, 6.45) is 2.13. The maximum atomic E-state index is 11.3. The maximum Gasteiger partial charge on any atom is 0.330 e. The van der Waals surface area contributed by atoms with Gasteiger partial charge in [0.2, 0.25) is 5.91 Å². The summed E-state index contributed by atoms with van der Waals surface area (Å²) in [5, 5.41) is 11.6. The minimum absolute atomic E-state index is 0.166. The molecule has 0 aromatic heterocycles. The Hall–Kier alpha value is -0.970. The topological polar surface area (TPSA) is 66.4 Å². The Bertz CT molecular complexity index is 259. The van der Waals surface area contributed by atoms with Crippen LogP contribution in [0.3, 0.4) is 0 Å². The van der Waals surface area contributed by atoms with Crippen molar-refractivity contribution in [2.45, 2.75) is 18.4 Å². The number of rotatable bonds is 4. The summed E-state index contributed by atoms with van der Waals surface area (Å²) in [6, 6.07) is 0. The van der Waals surface area contributed by atoms with Gasteiger partial charge in [0.15, 0.2) is 0 Å². The van der Waals surface area contributed by atoms with E-state index in [0.29, 0.717) is 12.2 Å². The largest absolute Gasteiger partial charge is 0.479 e. The van der Waals surface area contributed by atoms with Crippen molar-refractivity contribution in [1.29, 1.82) is 0 Å². The normalized spacial score (nSPS) is 25.7. The Morgan fingerprint density at radius 3 is 2.79 bits per heavy atom. The molecule has 14 heavy (non-hydrogen) atoms. The summed E-state index contributed by atoms with van der Waals surface area (Å²) in [4.78, 5) is 22.3. The molecule has 0 bridgehead atoms. The molecule has 1 atom stereocenters. The molecule has 0 aliphatic carbocycles. The summed E-state index contributed by atoms with van der Waals surface area (Å²) in [6.45, 7) is 3.43. The highest BCUT2D eigenvalue weighted by Crippen LogP contribution is 2.28. The summed E-state index contributed by atoms with van der Waals surface area (Å²) in [5.74, 6) is 0.0103. The molecule has 4 nitrogen and oxygen atoms in total. The van der Waals surface area contributed by atoms with Crippen LogP contribution in [0.2, 0.25) is 0 Å². The highest BCUT2D eigenvalue weighted by molar-refractivity contribution is 7.99. The Kier molecular flexibility index (Phi) is 3.57. The average molecular weight is 215 g/mol. The highest BCUT2D eigenvalue weighted by Gasteiger charge is 2.42. The molecule has 1 saturated heterocycles. The van der Waals surface area contributed by atoms with Crippen LogP contribution in [0.25, 0.3) is 0 Å². The van der Waals surface area contributed by atoms with E-state index in [4.69, 9.17) is 5.11 Å². The van der Waals surface area contributed by atoms with Crippen molar-refractivity contribution in [2.24, 2.45) is 0 Å². The lowest BCUT2D eigenvalue weighted by Crippen LogP contribution is -2.54. The molecule has 1 amide bonds. The van der Waals surface area contributed by atoms with Crippen LogP contribution < -0.4 is 5.32 Å². The van der Waals surface area contributed by atoms with Gasteiger partial charge in [0.05, 0.1) is 0 Å². The van der Waals surface area contributed by atoms with Gasteiger partial charge in [-0.25, -0.2) is 4.79 Å². The fourth-order valence-corrected chi connectivity index (χ4v) is 2.66. The van der Waals surface area contributed by atoms with Crippen LogP contribution in [0.1, 0.15) is 12.8 Å². The van der Waals surface area contributed by atoms with Gasteiger partial charge in [-0.15, -0.1) is 6.58 Å². The van der Waals surface area contributed by atoms with E-state index < -0.39 is 11.5 Å². The monoisotopic (exact) mass is 215 g/mol. The minimum atomic E-state index is -1.05. The number of aliphatic carboxylic acids is 1. The second-order valence-electron chi connectivity index (χ2n) is 3.23. The van der Waals surface area contributed by atoms with Gasteiger partial charge in [-0.1, -0.05) is 6.08 Å². The van der Waals surface area contributed by atoms with Crippen LogP contribution in [0.15, 0.2) is 12.7 Å². The molecule has 1 fully saturated rings. The fourth-order valence-electron chi connectivity index (χ4n) is 1.33. The molecule has 78 valence electrons. The van der Waals surface area contributed by atoms with Gasteiger partial charge >= 0.3 is 5.97 Å². The van der Waals surface area contributed by atoms with Gasteiger partial charge in [0.1, 0.15) is 5.54 Å². The molecule has 1 unspecified atom stereocenters. The maximum absolute atomic E-state index is 11.3. The molecule has 0 aromatic carbocycles. The van der Waals surface area contributed by atoms with E-state index in [-0.39, 0.29) is 12.3 Å². The lowest BCUT2D eigenvalue weighted by Gasteiger charge is -2.24. The predicted octanol–water partition coefficient (Wildman–Crippen LogP) is 0.639. The molecule has 0 saturated carbocycles. The summed E-state index contributed by atoms with van der Waals surface area (Å²) < 4.78 is 0. The molecule has 1 heterocycles. The summed E-state index contributed by atoms with van der Waals surface area (Å²) >= 11 is 1.55. The highest BCUT2D eigenvalue weighted by atomic mass is 32.2. The standard InChI is InChI=1S/C9H13NO3S/c1-2-3-7(11)10-9(8(12)13)4-5-14-6-9/h2H,1,3-6H2,(H,10,11)(H,12,13). The van der Waals surface area contributed by atoms with E-state index in [0.717, 1.165) is 5.75 Å². The third-order valence-electron chi connectivity index (χ3n) is 2.14. The number of hydrogen-bond donors (Lipinski definition) is 2. The van der Waals surface area contributed by atoms with Crippen LogP contribution in [0.5, 0.6) is 0 Å². The Labute approximate surface area is 86.8 Å². The average Bonchev–Trinajstić information content (AvgIpc) is 2.54. The van der Waals surface area contributed by atoms with Gasteiger partial charge in [-0.2, -0.15) is 11.8 Å². The summed E-state index contributed by atoms with van der Waals surface area (Å²) in [7, 11) is 0. The molecular weight excluding hydrogens is 202 g/mol. The lowest BCUT2D eigenvalue weighted by atomic mass is 9.99. The molecule has 0 spiro atoms. The van der Waals surface area contributed by atoms with Gasteiger partial charge in [0.25, 0.3) is 0 Å². The second kappa shape index (κ2) is 4.50. The lowest BCUT2D eigenvalue weighted by molar-refractivity contribution is -0.146. The Balaban J connectivity index is 2.64. The van der Waals surface area contributed by atoms with E-state index in [1.54, 1.807) is 11.8 Å².